The number of hydrogen-bond donors (Lipinski definition) is 0. The van der Waals surface area contributed by atoms with Gasteiger partial charge in [-0.25, -0.2) is 0 Å². The second-order valence-corrected chi connectivity index (χ2v) is 8.06. The third-order valence-corrected chi connectivity index (χ3v) is 7.73. The molecule has 3 aliphatic heterocycles. The standard InChI is InChI=1S/C12H16S3/c1-3-9(13-7-1)11-5-6-12(15-11)10-4-2-8-14-10/h1,5,7,9-10,12H,2-4,6,8H2. The molecule has 3 heteroatoms. The molecule has 3 aliphatic rings. The zero-order valence-electron chi connectivity index (χ0n) is 8.72. The average Bonchev–Trinajstić information content (AvgIpc) is 3.02. The Hall–Kier alpha value is 0.530. The van der Waals surface area contributed by atoms with E-state index >= 15 is 0 Å². The molecule has 0 amide bonds. The van der Waals surface area contributed by atoms with Crippen molar-refractivity contribution < 1.29 is 0 Å². The van der Waals surface area contributed by atoms with Crippen molar-refractivity contribution in [1.29, 1.82) is 0 Å². The van der Waals surface area contributed by atoms with Crippen molar-refractivity contribution >= 4 is 35.3 Å². The highest BCUT2D eigenvalue weighted by atomic mass is 32.2. The summed E-state index contributed by atoms with van der Waals surface area (Å²) in [4.78, 5) is 1.67. The SMILES string of the molecule is C1=CSC(C2=CCC(C3CCCS3)S2)C1. The van der Waals surface area contributed by atoms with E-state index in [1.54, 1.807) is 4.91 Å². The van der Waals surface area contributed by atoms with Crippen LogP contribution in [0, 0.1) is 0 Å². The Morgan fingerprint density at radius 1 is 1.20 bits per heavy atom. The minimum absolute atomic E-state index is 0.770. The first-order valence-electron chi connectivity index (χ1n) is 5.72. The molecular formula is C12H16S3. The highest BCUT2D eigenvalue weighted by Crippen LogP contribution is 2.47. The van der Waals surface area contributed by atoms with Gasteiger partial charge >= 0.3 is 0 Å². The Morgan fingerprint density at radius 3 is 2.93 bits per heavy atom. The van der Waals surface area contributed by atoms with Gasteiger partial charge in [0.15, 0.2) is 0 Å². The van der Waals surface area contributed by atoms with E-state index in [1.807, 2.05) is 11.8 Å². The Balaban J connectivity index is 1.56. The lowest BCUT2D eigenvalue weighted by Crippen LogP contribution is -2.14. The molecule has 82 valence electrons. The molecule has 1 saturated heterocycles. The van der Waals surface area contributed by atoms with Gasteiger partial charge in [0.1, 0.15) is 0 Å². The minimum atomic E-state index is 0.770. The van der Waals surface area contributed by atoms with Gasteiger partial charge in [0.25, 0.3) is 0 Å². The molecule has 0 aromatic heterocycles. The zero-order chi connectivity index (χ0) is 10.1. The summed E-state index contributed by atoms with van der Waals surface area (Å²) >= 11 is 6.40. The van der Waals surface area contributed by atoms with E-state index < -0.39 is 0 Å². The lowest BCUT2D eigenvalue weighted by atomic mass is 10.1. The van der Waals surface area contributed by atoms with E-state index in [-0.39, 0.29) is 0 Å². The molecule has 0 aromatic rings. The van der Waals surface area contributed by atoms with Crippen LogP contribution in [0.2, 0.25) is 0 Å². The highest BCUT2D eigenvalue weighted by Gasteiger charge is 2.32. The smallest absolute Gasteiger partial charge is 0.0429 e. The topological polar surface area (TPSA) is 0 Å². The van der Waals surface area contributed by atoms with Gasteiger partial charge in [0.05, 0.1) is 0 Å². The number of rotatable bonds is 2. The molecule has 0 aromatic carbocycles. The molecule has 3 heterocycles. The van der Waals surface area contributed by atoms with Crippen molar-refractivity contribution in [3.63, 3.8) is 0 Å². The fourth-order valence-corrected chi connectivity index (χ4v) is 6.57. The van der Waals surface area contributed by atoms with Gasteiger partial charge in [-0.3, -0.25) is 0 Å². The van der Waals surface area contributed by atoms with Crippen LogP contribution >= 0.6 is 35.3 Å². The number of thioether (sulfide) groups is 3. The molecule has 3 rings (SSSR count). The fraction of sp³-hybridized carbons (Fsp3) is 0.667. The molecule has 0 nitrogen and oxygen atoms in total. The van der Waals surface area contributed by atoms with Crippen molar-refractivity contribution in [2.24, 2.45) is 0 Å². The van der Waals surface area contributed by atoms with Gasteiger partial charge in [-0.2, -0.15) is 11.8 Å². The van der Waals surface area contributed by atoms with Crippen LogP contribution in [0.4, 0.5) is 0 Å². The summed E-state index contributed by atoms with van der Waals surface area (Å²) in [6, 6.07) is 0. The Kier molecular flexibility index (Phi) is 3.42. The molecule has 3 atom stereocenters. The van der Waals surface area contributed by atoms with Crippen molar-refractivity contribution in [3.8, 4) is 0 Å². The maximum Gasteiger partial charge on any atom is 0.0429 e. The molecule has 0 radical (unpaired) electrons. The van der Waals surface area contributed by atoms with Gasteiger partial charge in [-0.1, -0.05) is 12.2 Å². The van der Waals surface area contributed by atoms with E-state index in [0.29, 0.717) is 0 Å². The molecule has 0 aliphatic carbocycles. The van der Waals surface area contributed by atoms with Crippen molar-refractivity contribution in [1.82, 2.24) is 0 Å². The quantitative estimate of drug-likeness (QED) is 0.723. The first kappa shape index (κ1) is 10.7. The third-order valence-electron chi connectivity index (χ3n) is 3.22. The van der Waals surface area contributed by atoms with E-state index in [9.17, 15) is 0 Å². The fourth-order valence-electron chi connectivity index (χ4n) is 2.40. The van der Waals surface area contributed by atoms with E-state index in [4.69, 9.17) is 0 Å². The predicted molar refractivity (Wildman–Crippen MR) is 74.7 cm³/mol. The average molecular weight is 256 g/mol. The first-order valence-corrected chi connectivity index (χ1v) is 8.59. The molecule has 0 N–H and O–H groups in total. The molecule has 0 bridgehead atoms. The van der Waals surface area contributed by atoms with E-state index in [2.05, 4.69) is 41.1 Å². The summed E-state index contributed by atoms with van der Waals surface area (Å²) in [5.41, 5.74) is 0. The number of hydrogen-bond acceptors (Lipinski definition) is 3. The van der Waals surface area contributed by atoms with Crippen LogP contribution in [0.1, 0.15) is 25.7 Å². The van der Waals surface area contributed by atoms with Crippen LogP contribution in [-0.4, -0.2) is 21.5 Å². The van der Waals surface area contributed by atoms with E-state index in [1.165, 1.54) is 31.4 Å². The van der Waals surface area contributed by atoms with Crippen LogP contribution in [0.3, 0.4) is 0 Å². The van der Waals surface area contributed by atoms with Gasteiger partial charge < -0.3 is 0 Å². The lowest BCUT2D eigenvalue weighted by molar-refractivity contribution is 0.746. The molecule has 0 saturated carbocycles. The largest absolute Gasteiger partial charge is 0.157 e. The minimum Gasteiger partial charge on any atom is -0.157 e. The molecule has 1 fully saturated rings. The van der Waals surface area contributed by atoms with Gasteiger partial charge in [0.2, 0.25) is 0 Å². The van der Waals surface area contributed by atoms with Crippen LogP contribution in [0.25, 0.3) is 0 Å². The maximum atomic E-state index is 2.51. The first-order chi connectivity index (χ1) is 7.43. The highest BCUT2D eigenvalue weighted by molar-refractivity contribution is 8.09. The summed E-state index contributed by atoms with van der Waals surface area (Å²) in [6.45, 7) is 0. The van der Waals surface area contributed by atoms with Crippen molar-refractivity contribution in [2.75, 3.05) is 5.75 Å². The summed E-state index contributed by atoms with van der Waals surface area (Å²) in [6.07, 6.45) is 10.3. The summed E-state index contributed by atoms with van der Waals surface area (Å²) in [5, 5.41) is 4.88. The second-order valence-electron chi connectivity index (χ2n) is 4.28. The van der Waals surface area contributed by atoms with Crippen LogP contribution < -0.4 is 0 Å². The van der Waals surface area contributed by atoms with E-state index in [0.717, 1.165) is 15.7 Å². The monoisotopic (exact) mass is 256 g/mol. The van der Waals surface area contributed by atoms with Gasteiger partial charge in [-0.05, 0) is 41.7 Å². The summed E-state index contributed by atoms with van der Waals surface area (Å²) in [7, 11) is 0. The van der Waals surface area contributed by atoms with Crippen molar-refractivity contribution in [2.45, 2.75) is 41.4 Å². The predicted octanol–water partition coefficient (Wildman–Crippen LogP) is 4.29. The van der Waals surface area contributed by atoms with Gasteiger partial charge in [-0.15, -0.1) is 23.5 Å². The zero-order valence-corrected chi connectivity index (χ0v) is 11.2. The maximum absolute atomic E-state index is 2.51. The lowest BCUT2D eigenvalue weighted by Gasteiger charge is -2.18. The van der Waals surface area contributed by atoms with Crippen LogP contribution in [-0.2, 0) is 0 Å². The Bertz CT molecular complexity index is 281. The molecule has 3 unspecified atom stereocenters. The van der Waals surface area contributed by atoms with Crippen LogP contribution in [0.5, 0.6) is 0 Å². The molecule has 15 heavy (non-hydrogen) atoms. The van der Waals surface area contributed by atoms with Gasteiger partial charge in [0, 0.05) is 15.7 Å². The molecule has 0 spiro atoms. The normalized spacial score (nSPS) is 40.0. The summed E-state index contributed by atoms with van der Waals surface area (Å²) < 4.78 is 0. The van der Waals surface area contributed by atoms with Crippen molar-refractivity contribution in [3.05, 3.63) is 22.5 Å². The Morgan fingerprint density at radius 2 is 2.20 bits per heavy atom. The second kappa shape index (κ2) is 4.80. The van der Waals surface area contributed by atoms with Crippen LogP contribution in [0.15, 0.2) is 22.5 Å². The third kappa shape index (κ3) is 2.29. The number of allylic oxidation sites excluding steroid dienone is 2. The molecular weight excluding hydrogens is 240 g/mol. The Labute approximate surface area is 105 Å². The summed E-state index contributed by atoms with van der Waals surface area (Å²) in [5.74, 6) is 1.40.